The Morgan fingerprint density at radius 2 is 2.18 bits per heavy atom. The number of pyridine rings is 1. The molecule has 1 rings (SSSR count). The van der Waals surface area contributed by atoms with Gasteiger partial charge in [0, 0.05) is 10.8 Å². The van der Waals surface area contributed by atoms with Gasteiger partial charge in [0.25, 0.3) is 0 Å². The summed E-state index contributed by atoms with van der Waals surface area (Å²) >= 11 is 5.84. The third-order valence-corrected chi connectivity index (χ3v) is 1.87. The second-order valence-electron chi connectivity index (χ2n) is 2.78. The zero-order chi connectivity index (χ0) is 8.43. The Bertz CT molecular complexity index is 260. The fraction of sp³-hybridized carbons (Fsp3) is 0.375. The van der Waals surface area contributed by atoms with Gasteiger partial charge in [0.15, 0.2) is 0 Å². The third-order valence-electron chi connectivity index (χ3n) is 1.55. The van der Waals surface area contributed by atoms with Crippen molar-refractivity contribution in [1.29, 1.82) is 0 Å². The lowest BCUT2D eigenvalue weighted by molar-refractivity contribution is -0.904. The van der Waals surface area contributed by atoms with E-state index in [0.29, 0.717) is 10.9 Å². The van der Waals surface area contributed by atoms with Crippen LogP contribution in [0.4, 0.5) is 0 Å². The van der Waals surface area contributed by atoms with Gasteiger partial charge < -0.3 is 0 Å². The van der Waals surface area contributed by atoms with E-state index in [2.05, 4.69) is 13.8 Å². The van der Waals surface area contributed by atoms with Crippen LogP contribution in [0.3, 0.4) is 0 Å². The molecular weight excluding hydrogens is 162 g/mol. The van der Waals surface area contributed by atoms with Crippen LogP contribution >= 0.6 is 11.6 Å². The standard InChI is InChI=1S/C8H11ClNO/c1-6(2)7-3-4-10(11)5-8(7)9/h3-6,11H,1-2H3/q+1. The first-order valence-corrected chi connectivity index (χ1v) is 3.89. The molecule has 0 amide bonds. The molecule has 0 saturated heterocycles. The number of hydrogen-bond acceptors (Lipinski definition) is 1. The summed E-state index contributed by atoms with van der Waals surface area (Å²) < 4.78 is 0.953. The number of halogens is 1. The molecule has 0 spiro atoms. The van der Waals surface area contributed by atoms with Gasteiger partial charge in [0.05, 0.1) is 0 Å². The summed E-state index contributed by atoms with van der Waals surface area (Å²) in [5.41, 5.74) is 1.05. The molecular formula is C8H11ClNO+. The minimum absolute atomic E-state index is 0.392. The number of rotatable bonds is 1. The summed E-state index contributed by atoms with van der Waals surface area (Å²) in [6.45, 7) is 4.12. The van der Waals surface area contributed by atoms with Crippen LogP contribution < -0.4 is 4.73 Å². The molecule has 0 bridgehead atoms. The van der Waals surface area contributed by atoms with Gasteiger partial charge in [-0.15, -0.1) is 0 Å². The molecule has 0 aliphatic heterocycles. The molecule has 1 aromatic heterocycles. The van der Waals surface area contributed by atoms with Crippen molar-refractivity contribution in [2.45, 2.75) is 19.8 Å². The summed E-state index contributed by atoms with van der Waals surface area (Å²) in [5.74, 6) is 0.392. The Balaban J connectivity index is 3.09. The molecule has 0 unspecified atom stereocenters. The van der Waals surface area contributed by atoms with E-state index in [4.69, 9.17) is 16.8 Å². The third kappa shape index (κ3) is 1.84. The maximum Gasteiger partial charge on any atom is 0.241 e. The van der Waals surface area contributed by atoms with Crippen LogP contribution in [0.15, 0.2) is 18.5 Å². The van der Waals surface area contributed by atoms with Gasteiger partial charge in [-0.05, 0) is 11.5 Å². The lowest BCUT2D eigenvalue weighted by Gasteiger charge is -2.03. The van der Waals surface area contributed by atoms with Crippen molar-refractivity contribution < 1.29 is 9.94 Å². The van der Waals surface area contributed by atoms with Gasteiger partial charge in [-0.3, -0.25) is 5.21 Å². The first-order valence-electron chi connectivity index (χ1n) is 3.51. The van der Waals surface area contributed by atoms with E-state index >= 15 is 0 Å². The second-order valence-corrected chi connectivity index (χ2v) is 3.19. The number of aromatic nitrogens is 1. The van der Waals surface area contributed by atoms with E-state index in [1.165, 1.54) is 6.20 Å². The monoisotopic (exact) mass is 172 g/mol. The minimum Gasteiger partial charge on any atom is -0.285 e. The molecule has 2 nitrogen and oxygen atoms in total. The molecule has 0 atom stereocenters. The predicted molar refractivity (Wildman–Crippen MR) is 42.9 cm³/mol. The average molecular weight is 173 g/mol. The van der Waals surface area contributed by atoms with Crippen LogP contribution in [0.5, 0.6) is 0 Å². The molecule has 1 aromatic rings. The van der Waals surface area contributed by atoms with Crippen LogP contribution in [-0.4, -0.2) is 5.21 Å². The topological polar surface area (TPSA) is 24.1 Å². The molecule has 0 saturated carbocycles. The second kappa shape index (κ2) is 3.09. The van der Waals surface area contributed by atoms with Crippen molar-refractivity contribution >= 4 is 11.6 Å². The summed E-state index contributed by atoms with van der Waals surface area (Å²) in [6, 6.07) is 1.81. The predicted octanol–water partition coefficient (Wildman–Crippen LogP) is 1.99. The van der Waals surface area contributed by atoms with E-state index in [-0.39, 0.29) is 0 Å². The van der Waals surface area contributed by atoms with Crippen LogP contribution in [-0.2, 0) is 0 Å². The van der Waals surface area contributed by atoms with E-state index < -0.39 is 0 Å². The summed E-state index contributed by atoms with van der Waals surface area (Å²) in [6.07, 6.45) is 3.05. The van der Waals surface area contributed by atoms with Crippen LogP contribution in [0, 0.1) is 0 Å². The maximum atomic E-state index is 8.95. The van der Waals surface area contributed by atoms with Crippen molar-refractivity contribution in [3.8, 4) is 0 Å². The normalized spacial score (nSPS) is 10.5. The van der Waals surface area contributed by atoms with Gasteiger partial charge in [0.1, 0.15) is 5.02 Å². The van der Waals surface area contributed by atoms with Gasteiger partial charge in [0.2, 0.25) is 12.4 Å². The first-order chi connectivity index (χ1) is 5.11. The van der Waals surface area contributed by atoms with Crippen LogP contribution in [0.25, 0.3) is 0 Å². The molecule has 1 N–H and O–H groups in total. The Kier molecular flexibility index (Phi) is 2.35. The lowest BCUT2D eigenvalue weighted by atomic mass is 10.1. The number of nitrogens with zero attached hydrogens (tertiary/aromatic N) is 1. The van der Waals surface area contributed by atoms with Crippen molar-refractivity contribution in [3.05, 3.63) is 29.0 Å². The quantitative estimate of drug-likeness (QED) is 0.509. The van der Waals surface area contributed by atoms with Gasteiger partial charge in [-0.1, -0.05) is 25.4 Å². The number of hydrogen-bond donors (Lipinski definition) is 1. The molecule has 0 aromatic carbocycles. The van der Waals surface area contributed by atoms with E-state index in [1.807, 2.05) is 6.07 Å². The Hall–Kier alpha value is -0.760. The highest BCUT2D eigenvalue weighted by Gasteiger charge is 2.08. The molecule has 60 valence electrons. The van der Waals surface area contributed by atoms with Crippen molar-refractivity contribution in [1.82, 2.24) is 0 Å². The Morgan fingerprint density at radius 1 is 1.55 bits per heavy atom. The zero-order valence-corrected chi connectivity index (χ0v) is 7.34. The average Bonchev–Trinajstić information content (AvgIpc) is 1.85. The van der Waals surface area contributed by atoms with Crippen LogP contribution in [0.1, 0.15) is 25.3 Å². The molecule has 3 heteroatoms. The maximum absolute atomic E-state index is 8.95. The molecule has 0 aliphatic rings. The van der Waals surface area contributed by atoms with Gasteiger partial charge in [-0.25, -0.2) is 0 Å². The van der Waals surface area contributed by atoms with Gasteiger partial charge >= 0.3 is 0 Å². The summed E-state index contributed by atoms with van der Waals surface area (Å²) in [7, 11) is 0. The Labute approximate surface area is 71.0 Å². The largest absolute Gasteiger partial charge is 0.285 e. The van der Waals surface area contributed by atoms with Crippen LogP contribution in [0.2, 0.25) is 5.02 Å². The summed E-state index contributed by atoms with van der Waals surface area (Å²) in [5, 5.41) is 9.55. The fourth-order valence-electron chi connectivity index (χ4n) is 0.938. The fourth-order valence-corrected chi connectivity index (χ4v) is 1.32. The molecule has 0 aliphatic carbocycles. The highest BCUT2D eigenvalue weighted by atomic mass is 35.5. The zero-order valence-electron chi connectivity index (χ0n) is 6.58. The van der Waals surface area contributed by atoms with Crippen molar-refractivity contribution in [2.24, 2.45) is 0 Å². The highest BCUT2D eigenvalue weighted by Crippen LogP contribution is 2.21. The summed E-state index contributed by atoms with van der Waals surface area (Å²) in [4.78, 5) is 0. The van der Waals surface area contributed by atoms with E-state index in [0.717, 1.165) is 10.3 Å². The lowest BCUT2D eigenvalue weighted by Crippen LogP contribution is -2.28. The van der Waals surface area contributed by atoms with Crippen molar-refractivity contribution in [2.75, 3.05) is 0 Å². The van der Waals surface area contributed by atoms with E-state index in [1.54, 1.807) is 6.20 Å². The first kappa shape index (κ1) is 8.34. The molecule has 0 radical (unpaired) electrons. The SMILES string of the molecule is CC(C)c1cc[n+](O)cc1Cl. The smallest absolute Gasteiger partial charge is 0.241 e. The molecule has 1 heterocycles. The van der Waals surface area contributed by atoms with Crippen molar-refractivity contribution in [3.63, 3.8) is 0 Å². The van der Waals surface area contributed by atoms with Gasteiger partial charge in [-0.2, -0.15) is 0 Å². The van der Waals surface area contributed by atoms with E-state index in [9.17, 15) is 0 Å². The Morgan fingerprint density at radius 3 is 2.64 bits per heavy atom. The molecule has 11 heavy (non-hydrogen) atoms. The highest BCUT2D eigenvalue weighted by molar-refractivity contribution is 6.31. The molecule has 0 fully saturated rings. The minimum atomic E-state index is 0.392.